The number of benzene rings is 2. The molecule has 0 saturated carbocycles. The number of carbonyl (C=O) groups is 3. The maximum atomic E-state index is 14.4. The highest BCUT2D eigenvalue weighted by molar-refractivity contribution is 6.35. The number of ether oxygens (including phenoxy) is 4. The molecule has 1 spiro atoms. The Morgan fingerprint density at radius 3 is 2.43 bits per heavy atom. The zero-order valence-corrected chi connectivity index (χ0v) is 30.0. The molecule has 1 saturated heterocycles. The van der Waals surface area contributed by atoms with Gasteiger partial charge in [0.2, 0.25) is 17.3 Å². The lowest BCUT2D eigenvalue weighted by molar-refractivity contribution is -0.386. The Hall–Kier alpha value is -5.57. The van der Waals surface area contributed by atoms with Crippen molar-refractivity contribution in [3.63, 3.8) is 0 Å². The second-order valence-electron chi connectivity index (χ2n) is 13.9. The predicted octanol–water partition coefficient (Wildman–Crippen LogP) is 4.70. The first-order valence-electron chi connectivity index (χ1n) is 16.9. The number of aromatic hydroxyl groups is 1. The van der Waals surface area contributed by atoms with Gasteiger partial charge in [0.15, 0.2) is 28.8 Å². The number of methoxy groups -OCH3 is 3. The number of phenolic OH excluding ortho intramolecular Hbond substituents is 1. The van der Waals surface area contributed by atoms with Gasteiger partial charge in [0.05, 0.1) is 26.3 Å². The topological polar surface area (TPSA) is 197 Å². The Morgan fingerprint density at radius 1 is 1.04 bits per heavy atom. The highest BCUT2D eigenvalue weighted by Crippen LogP contribution is 2.56. The molecule has 2 bridgehead atoms. The standard InChI is InChI=1S/C37H36ClN3O12/c1-17-9-25(43)30(34(45)37(17)35(46)31-27(51-3)13-28(52-4)32(38)33(31)53-37)21(19-5-8-24(42)26(11-19)50-2)12-29(44)39-14-18-10-20(16-39)22-6-7-23(41(48)49)36(47)40(22)15-18/h5-8,11,13,17-18,20-21,42,45H,9-10,12,14-16H2,1-4H3/t17?,18-,20+,21?,37?/m1/s1. The molecule has 15 nitrogen and oxygen atoms in total. The molecule has 16 heteroatoms. The van der Waals surface area contributed by atoms with Gasteiger partial charge in [-0.1, -0.05) is 24.6 Å². The first kappa shape index (κ1) is 35.8. The molecule has 7 rings (SSSR count). The average Bonchev–Trinajstić information content (AvgIpc) is 3.45. The summed E-state index contributed by atoms with van der Waals surface area (Å²) in [5.74, 6) is -4.70. The van der Waals surface area contributed by atoms with Crippen molar-refractivity contribution in [1.29, 1.82) is 0 Å². The molecular formula is C37H36ClN3O12. The number of hydrogen-bond acceptors (Lipinski definition) is 12. The Morgan fingerprint density at radius 2 is 1.75 bits per heavy atom. The van der Waals surface area contributed by atoms with Gasteiger partial charge in [-0.05, 0) is 36.1 Å². The number of amides is 1. The smallest absolute Gasteiger partial charge is 0.334 e. The van der Waals surface area contributed by atoms with E-state index in [1.165, 1.54) is 56.2 Å². The Kier molecular flexibility index (Phi) is 8.87. The molecule has 5 atom stereocenters. The molecular weight excluding hydrogens is 714 g/mol. The second kappa shape index (κ2) is 13.1. The largest absolute Gasteiger partial charge is 0.507 e. The van der Waals surface area contributed by atoms with Crippen LogP contribution in [0.15, 0.2) is 52.5 Å². The number of nitro groups is 1. The van der Waals surface area contributed by atoms with Crippen molar-refractivity contribution in [3.8, 4) is 28.7 Å². The number of rotatable bonds is 8. The number of pyridine rings is 1. The van der Waals surface area contributed by atoms with Crippen molar-refractivity contribution in [2.75, 3.05) is 34.4 Å². The Bertz CT molecular complexity index is 2200. The minimum atomic E-state index is -2.10. The van der Waals surface area contributed by atoms with E-state index in [0.29, 0.717) is 17.7 Å². The highest BCUT2D eigenvalue weighted by Gasteiger charge is 2.61. The number of aliphatic hydroxyl groups is 1. The number of phenols is 1. The lowest BCUT2D eigenvalue weighted by atomic mass is 9.69. The third-order valence-electron chi connectivity index (χ3n) is 11.0. The van der Waals surface area contributed by atoms with E-state index in [4.69, 9.17) is 30.5 Å². The molecule has 3 aliphatic heterocycles. The molecule has 4 aliphatic rings. The maximum absolute atomic E-state index is 14.4. The van der Waals surface area contributed by atoms with Crippen LogP contribution in [0.2, 0.25) is 5.02 Å². The van der Waals surface area contributed by atoms with Crippen LogP contribution >= 0.6 is 11.6 Å². The number of carbonyl (C=O) groups excluding carboxylic acids is 3. The van der Waals surface area contributed by atoms with Gasteiger partial charge in [-0.2, -0.15) is 0 Å². The number of likely N-dealkylation sites (tertiary alicyclic amines) is 1. The Labute approximate surface area is 307 Å². The van der Waals surface area contributed by atoms with Gasteiger partial charge in [-0.25, -0.2) is 0 Å². The zero-order chi connectivity index (χ0) is 38.1. The monoisotopic (exact) mass is 749 g/mol. The molecule has 53 heavy (non-hydrogen) atoms. The van der Waals surface area contributed by atoms with E-state index in [1.54, 1.807) is 17.9 Å². The maximum Gasteiger partial charge on any atom is 0.334 e. The summed E-state index contributed by atoms with van der Waals surface area (Å²) in [5.41, 5.74) is -2.61. The van der Waals surface area contributed by atoms with Crippen LogP contribution in [-0.4, -0.2) is 82.1 Å². The van der Waals surface area contributed by atoms with Crippen molar-refractivity contribution in [3.05, 3.63) is 90.0 Å². The van der Waals surface area contributed by atoms with Crippen LogP contribution < -0.4 is 24.5 Å². The van der Waals surface area contributed by atoms with Crippen LogP contribution in [0, 0.1) is 22.0 Å². The van der Waals surface area contributed by atoms with Crippen LogP contribution in [0.25, 0.3) is 0 Å². The Balaban J connectivity index is 1.30. The number of ketones is 2. The molecule has 1 aromatic heterocycles. The third-order valence-corrected chi connectivity index (χ3v) is 11.3. The summed E-state index contributed by atoms with van der Waals surface area (Å²) in [6, 6.07) is 8.48. The van der Waals surface area contributed by atoms with Gasteiger partial charge < -0.3 is 38.6 Å². The second-order valence-corrected chi connectivity index (χ2v) is 14.2. The van der Waals surface area contributed by atoms with Gasteiger partial charge in [0.25, 0.3) is 0 Å². The van der Waals surface area contributed by atoms with E-state index in [1.807, 2.05) is 0 Å². The van der Waals surface area contributed by atoms with E-state index in [2.05, 4.69) is 0 Å². The van der Waals surface area contributed by atoms with E-state index in [9.17, 15) is 39.5 Å². The number of allylic oxidation sites excluding steroid dienone is 1. The number of aliphatic hydroxyl groups excluding tert-OH is 1. The van der Waals surface area contributed by atoms with Gasteiger partial charge in [-0.3, -0.25) is 29.3 Å². The average molecular weight is 750 g/mol. The van der Waals surface area contributed by atoms with Crippen molar-refractivity contribution >= 4 is 34.8 Å². The molecule has 3 unspecified atom stereocenters. The summed E-state index contributed by atoms with van der Waals surface area (Å²) < 4.78 is 23.9. The van der Waals surface area contributed by atoms with Crippen LogP contribution in [0.4, 0.5) is 5.69 Å². The van der Waals surface area contributed by atoms with Crippen LogP contribution in [0.1, 0.15) is 59.6 Å². The van der Waals surface area contributed by atoms with E-state index in [0.717, 1.165) is 0 Å². The van der Waals surface area contributed by atoms with E-state index in [-0.39, 0.29) is 95.1 Å². The summed E-state index contributed by atoms with van der Waals surface area (Å²) in [6.07, 6.45) is 0.0952. The molecule has 4 heterocycles. The quantitative estimate of drug-likeness (QED) is 0.238. The number of hydrogen-bond donors (Lipinski definition) is 2. The number of fused-ring (bicyclic) bond motifs is 5. The number of aromatic nitrogens is 1. The normalized spacial score (nSPS) is 23.6. The molecule has 278 valence electrons. The minimum Gasteiger partial charge on any atom is -0.507 e. The van der Waals surface area contributed by atoms with Crippen molar-refractivity contribution in [2.45, 2.75) is 50.2 Å². The molecule has 2 aromatic carbocycles. The highest BCUT2D eigenvalue weighted by atomic mass is 35.5. The fourth-order valence-electron chi connectivity index (χ4n) is 8.42. The lowest BCUT2D eigenvalue weighted by Crippen LogP contribution is -2.53. The fourth-order valence-corrected chi connectivity index (χ4v) is 8.68. The fraction of sp³-hybridized carbons (Fsp3) is 0.405. The summed E-state index contributed by atoms with van der Waals surface area (Å²) in [6.45, 7) is 2.23. The van der Waals surface area contributed by atoms with Gasteiger partial charge in [0.1, 0.15) is 22.1 Å². The summed E-state index contributed by atoms with van der Waals surface area (Å²) in [5, 5.41) is 34.1. The van der Waals surface area contributed by atoms with Gasteiger partial charge >= 0.3 is 11.2 Å². The molecule has 0 radical (unpaired) electrons. The van der Waals surface area contributed by atoms with Gasteiger partial charge in [-0.15, -0.1) is 0 Å². The molecule has 1 fully saturated rings. The molecule has 3 aromatic rings. The lowest BCUT2D eigenvalue weighted by Gasteiger charge is -2.43. The molecule has 2 N–H and O–H groups in total. The summed E-state index contributed by atoms with van der Waals surface area (Å²) in [4.78, 5) is 68.2. The van der Waals surface area contributed by atoms with Crippen molar-refractivity contribution in [1.82, 2.24) is 9.47 Å². The first-order chi connectivity index (χ1) is 25.2. The van der Waals surface area contributed by atoms with Crippen molar-refractivity contribution < 1.29 is 48.5 Å². The van der Waals surface area contributed by atoms with Crippen LogP contribution in [0.3, 0.4) is 0 Å². The summed E-state index contributed by atoms with van der Waals surface area (Å²) in [7, 11) is 4.08. The first-order valence-corrected chi connectivity index (χ1v) is 17.3. The number of piperidine rings is 1. The van der Waals surface area contributed by atoms with Crippen LogP contribution in [-0.2, 0) is 16.1 Å². The zero-order valence-electron chi connectivity index (χ0n) is 29.2. The molecule has 1 amide bonds. The molecule has 1 aliphatic carbocycles. The van der Waals surface area contributed by atoms with E-state index >= 15 is 0 Å². The van der Waals surface area contributed by atoms with E-state index < -0.39 is 50.9 Å². The number of Topliss-reactive ketones (excluding diaryl/α,β-unsaturated/α-hetero) is 2. The number of halogens is 1. The van der Waals surface area contributed by atoms with Crippen LogP contribution in [0.5, 0.6) is 28.7 Å². The van der Waals surface area contributed by atoms with Gasteiger partial charge in [0, 0.05) is 73.6 Å². The SMILES string of the molecule is COc1cc(C(CC(=O)N2C[C@H]3C[C@@H](C2)c2ccc([N+](=O)[O-])c(=O)n2C3)C2=C(O)C3(Oc4c(Cl)c(OC)cc(OC)c4C3=O)C(C)CC2=O)ccc1O. The predicted molar refractivity (Wildman–Crippen MR) is 187 cm³/mol. The van der Waals surface area contributed by atoms with Crippen molar-refractivity contribution in [2.24, 2.45) is 11.8 Å². The third kappa shape index (κ3) is 5.47. The number of nitrogens with zero attached hydrogens (tertiary/aromatic N) is 3. The minimum absolute atomic E-state index is 0.0314. The summed E-state index contributed by atoms with van der Waals surface area (Å²) >= 11 is 6.62.